The molecule has 0 aliphatic heterocycles. The van der Waals surface area contributed by atoms with Crippen LogP contribution in [0.2, 0.25) is 0 Å². The smallest absolute Gasteiger partial charge is 0.423 e. The first-order valence-electron chi connectivity index (χ1n) is 10.0. The van der Waals surface area contributed by atoms with Crippen molar-refractivity contribution in [3.05, 3.63) is 52.5 Å². The molecule has 174 valence electrons. The number of nitrogens with zero attached hydrogens (tertiary/aromatic N) is 2. The molecule has 34 heavy (non-hydrogen) atoms. The maximum atomic E-state index is 12.9. The van der Waals surface area contributed by atoms with Gasteiger partial charge >= 0.3 is 7.12 Å². The molecule has 0 atom stereocenters. The average Bonchev–Trinajstić information content (AvgIpc) is 3.31. The molecule has 0 aliphatic rings. The van der Waals surface area contributed by atoms with Crippen molar-refractivity contribution in [1.29, 1.82) is 0 Å². The van der Waals surface area contributed by atoms with Crippen LogP contribution in [-0.2, 0) is 9.45 Å². The van der Waals surface area contributed by atoms with E-state index in [-0.39, 0.29) is 29.4 Å². The highest BCUT2D eigenvalue weighted by Crippen LogP contribution is 2.25. The minimum absolute atomic E-state index is 0.0383. The summed E-state index contributed by atoms with van der Waals surface area (Å²) in [5.74, 6) is -0.414. The van der Waals surface area contributed by atoms with Gasteiger partial charge in [-0.1, -0.05) is 0 Å². The van der Waals surface area contributed by atoms with Gasteiger partial charge in [0.1, 0.15) is 11.6 Å². The predicted molar refractivity (Wildman–Crippen MR) is 128 cm³/mol. The van der Waals surface area contributed by atoms with E-state index >= 15 is 0 Å². The van der Waals surface area contributed by atoms with Gasteiger partial charge < -0.3 is 20.7 Å². The molecule has 0 aliphatic carbocycles. The summed E-state index contributed by atoms with van der Waals surface area (Å²) in [6.07, 6.45) is 3.16. The van der Waals surface area contributed by atoms with Gasteiger partial charge in [0.25, 0.3) is 0 Å². The summed E-state index contributed by atoms with van der Waals surface area (Å²) >= 11 is 1.17. The van der Waals surface area contributed by atoms with E-state index in [0.717, 1.165) is 0 Å². The molecule has 0 spiro atoms. The number of thiophene rings is 1. The highest BCUT2D eigenvalue weighted by molar-refractivity contribution is 7.21. The Morgan fingerprint density at radius 1 is 1.18 bits per heavy atom. The van der Waals surface area contributed by atoms with Gasteiger partial charge in [-0.05, 0) is 43.5 Å². The average molecular weight is 480 g/mol. The Balaban J connectivity index is 1.72. The van der Waals surface area contributed by atoms with Crippen molar-refractivity contribution in [3.63, 3.8) is 0 Å². The van der Waals surface area contributed by atoms with E-state index in [2.05, 4.69) is 15.3 Å². The highest BCUT2D eigenvalue weighted by atomic mass is 32.1. The van der Waals surface area contributed by atoms with Crippen molar-refractivity contribution >= 4 is 59.6 Å². The van der Waals surface area contributed by atoms with Crippen LogP contribution in [0.15, 0.2) is 35.8 Å². The summed E-state index contributed by atoms with van der Waals surface area (Å²) in [5.41, 5.74) is 6.18. The number of rotatable bonds is 10. The van der Waals surface area contributed by atoms with Crippen molar-refractivity contribution in [1.82, 2.24) is 9.97 Å². The number of nitrogen functional groups attached to an aromatic ring is 1. The molecule has 0 unspecified atom stereocenters. The fourth-order valence-electron chi connectivity index (χ4n) is 2.90. The molecule has 0 aromatic carbocycles. The number of nitrogens with one attached hydrogen (secondary N) is 1. The quantitative estimate of drug-likeness (QED) is 0.289. The highest BCUT2D eigenvalue weighted by Gasteiger charge is 2.32. The third-order valence-electron chi connectivity index (χ3n) is 4.95. The van der Waals surface area contributed by atoms with Gasteiger partial charge in [-0.2, -0.15) is 11.3 Å². The SMILES string of the molecule is CC(C)(COB(O)c1sccc1C=O)C(=O)Nc1ncc(-c2ccc(C=O)c(N)n2)cc1C=O. The second-order valence-electron chi connectivity index (χ2n) is 7.93. The molecular weight excluding hydrogens is 459 g/mol. The van der Waals surface area contributed by atoms with Crippen molar-refractivity contribution in [2.75, 3.05) is 17.7 Å². The first-order chi connectivity index (χ1) is 16.2. The molecule has 3 aromatic heterocycles. The zero-order chi connectivity index (χ0) is 24.9. The van der Waals surface area contributed by atoms with E-state index in [1.165, 1.54) is 29.7 Å². The van der Waals surface area contributed by atoms with E-state index in [9.17, 15) is 24.2 Å². The van der Waals surface area contributed by atoms with Crippen LogP contribution in [0.1, 0.15) is 44.9 Å². The molecule has 10 nitrogen and oxygen atoms in total. The van der Waals surface area contributed by atoms with E-state index in [0.29, 0.717) is 40.5 Å². The van der Waals surface area contributed by atoms with E-state index in [4.69, 9.17) is 10.4 Å². The van der Waals surface area contributed by atoms with Crippen LogP contribution in [0.4, 0.5) is 11.6 Å². The van der Waals surface area contributed by atoms with E-state index in [1.807, 2.05) is 0 Å². The molecule has 1 amide bonds. The first-order valence-corrected chi connectivity index (χ1v) is 10.9. The monoisotopic (exact) mass is 480 g/mol. The fraction of sp³-hybridized carbons (Fsp3) is 0.182. The Morgan fingerprint density at radius 3 is 2.53 bits per heavy atom. The number of aldehydes is 3. The number of hydrogen-bond donors (Lipinski definition) is 3. The Bertz CT molecular complexity index is 1250. The summed E-state index contributed by atoms with van der Waals surface area (Å²) in [4.78, 5) is 54.8. The summed E-state index contributed by atoms with van der Waals surface area (Å²) < 4.78 is 5.78. The topological polar surface area (TPSA) is 162 Å². The van der Waals surface area contributed by atoms with Gasteiger partial charge in [-0.3, -0.25) is 19.2 Å². The van der Waals surface area contributed by atoms with Crippen molar-refractivity contribution < 1.29 is 28.9 Å². The maximum absolute atomic E-state index is 12.9. The first kappa shape index (κ1) is 24.9. The molecular formula is C22H21BN4O6S. The Kier molecular flexibility index (Phi) is 7.66. The van der Waals surface area contributed by atoms with Crippen LogP contribution in [-0.4, -0.2) is 53.5 Å². The zero-order valence-electron chi connectivity index (χ0n) is 18.3. The second-order valence-corrected chi connectivity index (χ2v) is 8.88. The lowest BCUT2D eigenvalue weighted by Crippen LogP contribution is -2.41. The Hall–Kier alpha value is -3.74. The predicted octanol–water partition coefficient (Wildman–Crippen LogP) is 1.59. The number of amides is 1. The minimum Gasteiger partial charge on any atom is -0.423 e. The zero-order valence-corrected chi connectivity index (χ0v) is 19.2. The second kappa shape index (κ2) is 10.5. The molecule has 3 heterocycles. The van der Waals surface area contributed by atoms with Gasteiger partial charge in [-0.25, -0.2) is 9.97 Å². The number of nitrogens with two attached hydrogens (primary N) is 1. The fourth-order valence-corrected chi connectivity index (χ4v) is 3.69. The lowest BCUT2D eigenvalue weighted by Gasteiger charge is -2.24. The number of aromatic nitrogens is 2. The number of pyridine rings is 2. The third kappa shape index (κ3) is 5.42. The van der Waals surface area contributed by atoms with Crippen molar-refractivity contribution in [3.8, 4) is 11.3 Å². The largest absolute Gasteiger partial charge is 0.502 e. The van der Waals surface area contributed by atoms with Crippen LogP contribution in [0.3, 0.4) is 0 Å². The van der Waals surface area contributed by atoms with Crippen LogP contribution in [0.5, 0.6) is 0 Å². The Labute approximate surface area is 199 Å². The maximum Gasteiger partial charge on any atom is 0.502 e. The van der Waals surface area contributed by atoms with Gasteiger partial charge in [0.2, 0.25) is 5.91 Å². The van der Waals surface area contributed by atoms with Gasteiger partial charge in [0, 0.05) is 28.7 Å². The Morgan fingerprint density at radius 2 is 1.88 bits per heavy atom. The molecule has 3 rings (SSSR count). The van der Waals surface area contributed by atoms with E-state index < -0.39 is 18.4 Å². The lowest BCUT2D eigenvalue weighted by molar-refractivity contribution is -0.125. The molecule has 0 fully saturated rings. The summed E-state index contributed by atoms with van der Waals surface area (Å²) in [6, 6.07) is 6.13. The lowest BCUT2D eigenvalue weighted by atomic mass is 9.84. The molecule has 4 N–H and O–H groups in total. The number of carbonyl (C=O) groups excluding carboxylic acids is 4. The standard InChI is InChI=1S/C22H21BN4O6S/c1-22(2,12-33-23(32)18-13(9-28)5-6-34-18)21(31)27-20-16(11-30)7-15(8-25-20)17-4-3-14(10-29)19(24)26-17/h3-11,32H,12H2,1-2H3,(H2,24,26)(H,25,27,31). The number of anilines is 2. The van der Waals surface area contributed by atoms with Gasteiger partial charge in [0.05, 0.1) is 22.2 Å². The molecule has 12 heteroatoms. The molecule has 0 radical (unpaired) electrons. The van der Waals surface area contributed by atoms with Crippen LogP contribution in [0, 0.1) is 5.41 Å². The van der Waals surface area contributed by atoms with E-state index in [1.54, 1.807) is 31.4 Å². The van der Waals surface area contributed by atoms with Crippen LogP contribution in [0.25, 0.3) is 11.3 Å². The minimum atomic E-state index is -1.36. The van der Waals surface area contributed by atoms with Crippen LogP contribution < -0.4 is 15.8 Å². The molecule has 0 saturated heterocycles. The normalized spacial score (nSPS) is 11.0. The molecule has 0 saturated carbocycles. The third-order valence-corrected chi connectivity index (χ3v) is 5.91. The van der Waals surface area contributed by atoms with Crippen molar-refractivity contribution in [2.45, 2.75) is 13.8 Å². The van der Waals surface area contributed by atoms with Crippen molar-refractivity contribution in [2.24, 2.45) is 5.41 Å². The molecule has 3 aromatic rings. The van der Waals surface area contributed by atoms with Gasteiger partial charge in [0.15, 0.2) is 18.9 Å². The van der Waals surface area contributed by atoms with Gasteiger partial charge in [-0.15, -0.1) is 0 Å². The molecule has 0 bridgehead atoms. The summed E-state index contributed by atoms with van der Waals surface area (Å²) in [5, 5.41) is 14.5. The summed E-state index contributed by atoms with van der Waals surface area (Å²) in [7, 11) is -1.36. The summed E-state index contributed by atoms with van der Waals surface area (Å²) in [6.45, 7) is 3.03. The van der Waals surface area contributed by atoms with Crippen LogP contribution >= 0.6 is 11.3 Å². The number of hydrogen-bond acceptors (Lipinski definition) is 10. The number of carbonyl (C=O) groups is 4.